The Hall–Kier alpha value is -1.46. The summed E-state index contributed by atoms with van der Waals surface area (Å²) in [7, 11) is 0. The first-order valence-corrected chi connectivity index (χ1v) is 12.4. The molecule has 1 unspecified atom stereocenters. The Balaban J connectivity index is 1.32. The number of nitrogens with one attached hydrogen (secondary N) is 1. The van der Waals surface area contributed by atoms with Crippen LogP contribution in [0, 0.1) is 0 Å². The summed E-state index contributed by atoms with van der Waals surface area (Å²) < 4.78 is 5.69. The minimum atomic E-state index is -0.417. The van der Waals surface area contributed by atoms with Gasteiger partial charge in [-0.15, -0.1) is 0 Å². The summed E-state index contributed by atoms with van der Waals surface area (Å²) in [6.45, 7) is 4.59. The summed E-state index contributed by atoms with van der Waals surface area (Å²) in [4.78, 5) is 0. The average Bonchev–Trinajstić information content (AvgIpc) is 3.26. The van der Waals surface area contributed by atoms with E-state index in [-0.39, 0.29) is 29.7 Å². The van der Waals surface area contributed by atoms with Crippen molar-refractivity contribution in [3.63, 3.8) is 0 Å². The molecule has 0 saturated carbocycles. The standard InChI is InChI=1S/C20H24N4OSe2/c1-2-3-4-9-14-21-20-23-22-18(26-20)13-6-5-10-15-24-19(25)16-11-7-8-12-17(16)27-24/h2-4,7-9,11-12,14,19,25H,1,5-6,10,13,15H2,(H,21,23)/b4-3-,14-9+. The van der Waals surface area contributed by atoms with Gasteiger partial charge in [-0.25, -0.2) is 0 Å². The Morgan fingerprint density at radius 3 is 2.89 bits per heavy atom. The van der Waals surface area contributed by atoms with Crippen LogP contribution in [0.15, 0.2) is 61.3 Å². The van der Waals surface area contributed by atoms with Gasteiger partial charge in [-0.05, 0) is 0 Å². The molecule has 1 aliphatic heterocycles. The van der Waals surface area contributed by atoms with Gasteiger partial charge >= 0.3 is 173 Å². The number of hydrogen-bond acceptors (Lipinski definition) is 5. The van der Waals surface area contributed by atoms with E-state index >= 15 is 0 Å². The average molecular weight is 494 g/mol. The molecule has 0 radical (unpaired) electrons. The molecule has 7 heteroatoms. The van der Waals surface area contributed by atoms with E-state index < -0.39 is 6.23 Å². The van der Waals surface area contributed by atoms with Crippen LogP contribution in [0.1, 0.15) is 35.6 Å². The van der Waals surface area contributed by atoms with Gasteiger partial charge in [0.2, 0.25) is 0 Å². The van der Waals surface area contributed by atoms with E-state index in [0.29, 0.717) is 0 Å². The van der Waals surface area contributed by atoms with E-state index in [1.165, 1.54) is 9.03 Å². The van der Waals surface area contributed by atoms with Crippen LogP contribution < -0.4 is 9.78 Å². The molecule has 0 saturated heterocycles. The molecule has 1 aromatic carbocycles. The molecule has 0 spiro atoms. The molecule has 0 aliphatic carbocycles. The summed E-state index contributed by atoms with van der Waals surface area (Å²) in [5.74, 6) is 0. The zero-order valence-electron chi connectivity index (χ0n) is 15.1. The number of nitrogens with zero attached hydrogens (tertiary/aromatic N) is 3. The molecule has 5 nitrogen and oxygen atoms in total. The number of allylic oxidation sites excluding steroid dienone is 4. The number of rotatable bonds is 10. The molecular weight excluding hydrogens is 470 g/mol. The molecule has 142 valence electrons. The maximum absolute atomic E-state index is 10.4. The predicted octanol–water partition coefficient (Wildman–Crippen LogP) is 2.17. The van der Waals surface area contributed by atoms with Crippen LogP contribution >= 0.6 is 0 Å². The number of hydrogen-bond donors (Lipinski definition) is 2. The third-order valence-electron chi connectivity index (χ3n) is 4.08. The van der Waals surface area contributed by atoms with E-state index in [2.05, 4.69) is 38.1 Å². The van der Waals surface area contributed by atoms with Crippen LogP contribution in [-0.4, -0.2) is 55.4 Å². The Morgan fingerprint density at radius 2 is 2.04 bits per heavy atom. The summed E-state index contributed by atoms with van der Waals surface area (Å²) in [6, 6.07) is 8.23. The van der Waals surface area contributed by atoms with Crippen LogP contribution in [0.25, 0.3) is 0 Å². The second-order valence-corrected chi connectivity index (χ2v) is 10.6. The predicted molar refractivity (Wildman–Crippen MR) is 112 cm³/mol. The molecule has 1 aliphatic rings. The number of aliphatic hydroxyl groups excluding tert-OH is 1. The number of fused-ring (bicyclic) bond motifs is 1. The van der Waals surface area contributed by atoms with Crippen LogP contribution in [0.2, 0.25) is 0 Å². The van der Waals surface area contributed by atoms with E-state index in [9.17, 15) is 5.11 Å². The van der Waals surface area contributed by atoms with Gasteiger partial charge in [0.05, 0.1) is 0 Å². The third-order valence-corrected chi connectivity index (χ3v) is 8.49. The van der Waals surface area contributed by atoms with E-state index in [4.69, 9.17) is 0 Å². The number of benzene rings is 1. The summed E-state index contributed by atoms with van der Waals surface area (Å²) in [6.07, 6.45) is 13.3. The molecule has 0 fully saturated rings. The van der Waals surface area contributed by atoms with E-state index in [1.807, 2.05) is 36.6 Å². The Morgan fingerprint density at radius 1 is 1.15 bits per heavy atom. The molecule has 2 heterocycles. The minimum absolute atomic E-state index is 0.211. The number of anilines is 1. The quantitative estimate of drug-likeness (QED) is 0.301. The van der Waals surface area contributed by atoms with Crippen molar-refractivity contribution in [2.45, 2.75) is 31.9 Å². The fraction of sp³-hybridized carbons (Fsp3) is 0.300. The maximum atomic E-state index is 10.4. The van der Waals surface area contributed by atoms with Gasteiger partial charge in [0.25, 0.3) is 0 Å². The summed E-state index contributed by atoms with van der Waals surface area (Å²) in [5, 5.41) is 22.1. The fourth-order valence-electron chi connectivity index (χ4n) is 2.73. The number of aromatic nitrogens is 2. The topological polar surface area (TPSA) is 61.3 Å². The van der Waals surface area contributed by atoms with Crippen molar-refractivity contribution in [2.75, 3.05) is 11.9 Å². The Labute approximate surface area is 173 Å². The number of unbranched alkanes of at least 4 members (excludes halogenated alkanes) is 2. The summed E-state index contributed by atoms with van der Waals surface area (Å²) in [5.41, 5.74) is 1.09. The van der Waals surface area contributed by atoms with Crippen molar-refractivity contribution in [1.82, 2.24) is 14.1 Å². The van der Waals surface area contributed by atoms with Crippen molar-refractivity contribution in [2.24, 2.45) is 0 Å². The van der Waals surface area contributed by atoms with Crippen LogP contribution in [0.5, 0.6) is 0 Å². The fourth-order valence-corrected chi connectivity index (χ4v) is 6.64. The first-order valence-electron chi connectivity index (χ1n) is 9.02. The first kappa shape index (κ1) is 20.3. The van der Waals surface area contributed by atoms with Crippen LogP contribution in [-0.2, 0) is 6.42 Å². The molecular formula is C20H24N4OSe2. The van der Waals surface area contributed by atoms with E-state index in [0.717, 1.165) is 42.5 Å². The van der Waals surface area contributed by atoms with Crippen molar-refractivity contribution < 1.29 is 5.11 Å². The molecule has 27 heavy (non-hydrogen) atoms. The van der Waals surface area contributed by atoms with Crippen LogP contribution in [0.4, 0.5) is 4.69 Å². The molecule has 0 amide bonds. The molecule has 2 N–H and O–H groups in total. The van der Waals surface area contributed by atoms with Crippen molar-refractivity contribution in [1.29, 1.82) is 0 Å². The van der Waals surface area contributed by atoms with Gasteiger partial charge in [0, 0.05) is 0 Å². The summed E-state index contributed by atoms with van der Waals surface area (Å²) >= 11 is 0.458. The molecule has 3 rings (SSSR count). The zero-order chi connectivity index (χ0) is 18.9. The molecule has 0 bridgehead atoms. The van der Waals surface area contributed by atoms with Gasteiger partial charge in [0.15, 0.2) is 0 Å². The molecule has 2 aromatic rings. The van der Waals surface area contributed by atoms with Crippen molar-refractivity contribution >= 4 is 38.8 Å². The van der Waals surface area contributed by atoms with E-state index in [1.54, 1.807) is 6.08 Å². The Kier molecular flexibility index (Phi) is 8.08. The van der Waals surface area contributed by atoms with Gasteiger partial charge in [-0.1, -0.05) is 0 Å². The Bertz CT molecular complexity index is 803. The van der Waals surface area contributed by atoms with Gasteiger partial charge < -0.3 is 0 Å². The monoisotopic (exact) mass is 496 g/mol. The SMILES string of the molecule is C=C/C=C\C=C\Nc1nnc(CCCCCN2[Se]c3ccccc3C2O)[se]1. The van der Waals surface area contributed by atoms with Crippen molar-refractivity contribution in [3.05, 3.63) is 71.5 Å². The van der Waals surface area contributed by atoms with Gasteiger partial charge in [-0.3, -0.25) is 0 Å². The second kappa shape index (κ2) is 10.8. The molecule has 1 atom stereocenters. The second-order valence-electron chi connectivity index (χ2n) is 6.08. The van der Waals surface area contributed by atoms with Crippen LogP contribution in [0.3, 0.4) is 0 Å². The molecule has 1 aromatic heterocycles. The van der Waals surface area contributed by atoms with Crippen molar-refractivity contribution in [3.8, 4) is 0 Å². The zero-order valence-corrected chi connectivity index (χ0v) is 18.5. The number of aliphatic hydroxyl groups is 1. The number of aryl methyl sites for hydroxylation is 1. The normalized spacial score (nSPS) is 17.0. The van der Waals surface area contributed by atoms with Gasteiger partial charge in [-0.2, -0.15) is 0 Å². The van der Waals surface area contributed by atoms with Gasteiger partial charge in [0.1, 0.15) is 0 Å². The first-order chi connectivity index (χ1) is 13.3. The third kappa shape index (κ3) is 6.01.